The summed E-state index contributed by atoms with van der Waals surface area (Å²) in [5.41, 5.74) is 1.84. The molecule has 9 heteroatoms. The van der Waals surface area contributed by atoms with E-state index in [1.807, 2.05) is 36.6 Å². The van der Waals surface area contributed by atoms with Crippen molar-refractivity contribution in [2.24, 2.45) is 0 Å². The summed E-state index contributed by atoms with van der Waals surface area (Å²) in [6.07, 6.45) is 0.678. The first-order valence-electron chi connectivity index (χ1n) is 7.10. The standard InChI is InChI=1S/C15H13BrN4O2S2/c1-2-13-19-20-15(22-13)24-8-12(21)18-14-17-11(7-23-14)9-3-5-10(16)6-4-9/h3-7H,2,8H2,1H3,(H,17,18,21). The van der Waals surface area contributed by atoms with E-state index in [1.54, 1.807) is 0 Å². The highest BCUT2D eigenvalue weighted by Crippen LogP contribution is 2.26. The molecule has 2 aromatic heterocycles. The first kappa shape index (κ1) is 17.1. The summed E-state index contributed by atoms with van der Waals surface area (Å²) >= 11 is 6.00. The van der Waals surface area contributed by atoms with Gasteiger partial charge >= 0.3 is 0 Å². The van der Waals surface area contributed by atoms with Crippen LogP contribution in [0.5, 0.6) is 0 Å². The van der Waals surface area contributed by atoms with Gasteiger partial charge in [-0.2, -0.15) is 0 Å². The highest BCUT2D eigenvalue weighted by molar-refractivity contribution is 9.10. The number of nitrogens with one attached hydrogen (secondary N) is 1. The summed E-state index contributed by atoms with van der Waals surface area (Å²) in [4.78, 5) is 16.4. The number of benzene rings is 1. The Hall–Kier alpha value is -1.71. The zero-order valence-corrected chi connectivity index (χ0v) is 15.9. The lowest BCUT2D eigenvalue weighted by Gasteiger charge is -1.99. The lowest BCUT2D eigenvalue weighted by Crippen LogP contribution is -2.13. The number of rotatable bonds is 6. The summed E-state index contributed by atoms with van der Waals surface area (Å²) in [5, 5.41) is 13.4. The van der Waals surface area contributed by atoms with E-state index in [9.17, 15) is 4.79 Å². The Balaban J connectivity index is 1.56. The van der Waals surface area contributed by atoms with Crippen LogP contribution in [0.2, 0.25) is 0 Å². The van der Waals surface area contributed by atoms with E-state index in [2.05, 4.69) is 36.4 Å². The number of hydrogen-bond acceptors (Lipinski definition) is 7. The number of carbonyl (C=O) groups excluding carboxylic acids is 1. The van der Waals surface area contributed by atoms with E-state index >= 15 is 0 Å². The van der Waals surface area contributed by atoms with Crippen LogP contribution in [-0.4, -0.2) is 26.8 Å². The van der Waals surface area contributed by atoms with Gasteiger partial charge in [0.25, 0.3) is 5.22 Å². The maximum absolute atomic E-state index is 12.0. The average Bonchev–Trinajstić information content (AvgIpc) is 3.23. The lowest BCUT2D eigenvalue weighted by atomic mass is 10.2. The third-order valence-electron chi connectivity index (χ3n) is 2.97. The number of carbonyl (C=O) groups is 1. The Morgan fingerprint density at radius 2 is 2.12 bits per heavy atom. The molecule has 0 atom stereocenters. The monoisotopic (exact) mass is 424 g/mol. The molecule has 24 heavy (non-hydrogen) atoms. The zero-order valence-electron chi connectivity index (χ0n) is 12.7. The number of anilines is 1. The molecule has 0 aliphatic rings. The molecule has 0 aliphatic carbocycles. The van der Waals surface area contributed by atoms with Crippen molar-refractivity contribution < 1.29 is 9.21 Å². The molecule has 124 valence electrons. The Bertz CT molecular complexity index is 832. The number of halogens is 1. The minimum Gasteiger partial charge on any atom is -0.416 e. The van der Waals surface area contributed by atoms with Crippen molar-refractivity contribution in [3.8, 4) is 11.3 Å². The number of thiazole rings is 1. The second kappa shape index (κ2) is 7.91. The summed E-state index contributed by atoms with van der Waals surface area (Å²) in [5.74, 6) is 0.600. The molecule has 6 nitrogen and oxygen atoms in total. The summed E-state index contributed by atoms with van der Waals surface area (Å²) in [7, 11) is 0. The van der Waals surface area contributed by atoms with E-state index < -0.39 is 0 Å². The molecule has 0 aliphatic heterocycles. The second-order valence-corrected chi connectivity index (χ2v) is 7.40. The number of aryl methyl sites for hydroxylation is 1. The highest BCUT2D eigenvalue weighted by Gasteiger charge is 2.11. The molecule has 0 unspecified atom stereocenters. The zero-order chi connectivity index (χ0) is 16.9. The Morgan fingerprint density at radius 1 is 1.33 bits per heavy atom. The van der Waals surface area contributed by atoms with Crippen molar-refractivity contribution in [1.82, 2.24) is 15.2 Å². The molecule has 0 bridgehead atoms. The molecule has 0 saturated carbocycles. The quantitative estimate of drug-likeness (QED) is 0.595. The number of thioether (sulfide) groups is 1. The minimum absolute atomic E-state index is 0.159. The molecule has 3 rings (SSSR count). The van der Waals surface area contributed by atoms with Crippen LogP contribution in [0.4, 0.5) is 5.13 Å². The van der Waals surface area contributed by atoms with Gasteiger partial charge in [0.15, 0.2) is 5.13 Å². The van der Waals surface area contributed by atoms with Crippen LogP contribution in [0.15, 0.2) is 43.8 Å². The van der Waals surface area contributed by atoms with Crippen LogP contribution in [0, 0.1) is 0 Å². The number of hydrogen-bond donors (Lipinski definition) is 1. The minimum atomic E-state index is -0.159. The van der Waals surface area contributed by atoms with Gasteiger partial charge in [0.2, 0.25) is 11.8 Å². The number of aromatic nitrogens is 3. The molecule has 1 N–H and O–H groups in total. The first-order valence-corrected chi connectivity index (χ1v) is 9.76. The second-order valence-electron chi connectivity index (χ2n) is 4.70. The van der Waals surface area contributed by atoms with Crippen LogP contribution in [-0.2, 0) is 11.2 Å². The van der Waals surface area contributed by atoms with E-state index in [-0.39, 0.29) is 11.7 Å². The van der Waals surface area contributed by atoms with Crippen LogP contribution in [0.25, 0.3) is 11.3 Å². The van der Waals surface area contributed by atoms with Crippen molar-refractivity contribution in [3.63, 3.8) is 0 Å². The SMILES string of the molecule is CCc1nnc(SCC(=O)Nc2nc(-c3ccc(Br)cc3)cs2)o1. The molecule has 0 saturated heterocycles. The van der Waals surface area contributed by atoms with Crippen LogP contribution in [0.3, 0.4) is 0 Å². The predicted molar refractivity (Wildman–Crippen MR) is 98.3 cm³/mol. The highest BCUT2D eigenvalue weighted by atomic mass is 79.9. The Labute approximate surface area is 155 Å². The fourth-order valence-corrected chi connectivity index (χ4v) is 3.39. The fraction of sp³-hybridized carbons (Fsp3) is 0.200. The van der Waals surface area contributed by atoms with E-state index in [0.717, 1.165) is 15.7 Å². The van der Waals surface area contributed by atoms with Gasteiger partial charge < -0.3 is 9.73 Å². The van der Waals surface area contributed by atoms with Crippen molar-refractivity contribution in [2.45, 2.75) is 18.6 Å². The largest absolute Gasteiger partial charge is 0.416 e. The van der Waals surface area contributed by atoms with Gasteiger partial charge in [-0.25, -0.2) is 4.98 Å². The van der Waals surface area contributed by atoms with E-state index in [0.29, 0.717) is 22.7 Å². The number of amides is 1. The molecule has 3 aromatic rings. The third-order valence-corrected chi connectivity index (χ3v) is 5.07. The molecule has 2 heterocycles. The van der Waals surface area contributed by atoms with Crippen molar-refractivity contribution in [1.29, 1.82) is 0 Å². The lowest BCUT2D eigenvalue weighted by molar-refractivity contribution is -0.113. The summed E-state index contributed by atoms with van der Waals surface area (Å²) in [6.45, 7) is 1.93. The molecular formula is C15H13BrN4O2S2. The predicted octanol–water partition coefficient (Wildman–Crippen LogP) is 4.25. The van der Waals surface area contributed by atoms with E-state index in [1.165, 1.54) is 23.1 Å². The van der Waals surface area contributed by atoms with Gasteiger partial charge in [0.05, 0.1) is 11.4 Å². The fourth-order valence-electron chi connectivity index (χ4n) is 1.81. The van der Waals surface area contributed by atoms with Crippen molar-refractivity contribution >= 4 is 50.1 Å². The summed E-state index contributed by atoms with van der Waals surface area (Å²) < 4.78 is 6.36. The Kier molecular flexibility index (Phi) is 5.64. The van der Waals surface area contributed by atoms with Crippen LogP contribution < -0.4 is 5.32 Å². The normalized spacial score (nSPS) is 10.8. The van der Waals surface area contributed by atoms with Gasteiger partial charge in [0, 0.05) is 21.8 Å². The van der Waals surface area contributed by atoms with E-state index in [4.69, 9.17) is 4.42 Å². The maximum Gasteiger partial charge on any atom is 0.277 e. The molecule has 0 fully saturated rings. The van der Waals surface area contributed by atoms with Gasteiger partial charge in [-0.15, -0.1) is 21.5 Å². The van der Waals surface area contributed by atoms with Crippen LogP contribution in [0.1, 0.15) is 12.8 Å². The maximum atomic E-state index is 12.0. The van der Waals surface area contributed by atoms with Gasteiger partial charge in [-0.3, -0.25) is 4.79 Å². The third kappa shape index (κ3) is 4.43. The molecule has 0 radical (unpaired) electrons. The van der Waals surface area contributed by atoms with Crippen molar-refractivity contribution in [2.75, 3.05) is 11.1 Å². The average molecular weight is 425 g/mol. The van der Waals surface area contributed by atoms with Gasteiger partial charge in [-0.1, -0.05) is 46.7 Å². The smallest absolute Gasteiger partial charge is 0.277 e. The van der Waals surface area contributed by atoms with Crippen LogP contribution >= 0.6 is 39.0 Å². The molecule has 1 aromatic carbocycles. The molecular weight excluding hydrogens is 412 g/mol. The number of nitrogens with zero attached hydrogens (tertiary/aromatic N) is 3. The molecule has 0 spiro atoms. The summed E-state index contributed by atoms with van der Waals surface area (Å²) in [6, 6.07) is 7.86. The van der Waals surface area contributed by atoms with Crippen molar-refractivity contribution in [3.05, 3.63) is 40.0 Å². The van der Waals surface area contributed by atoms with Gasteiger partial charge in [0.1, 0.15) is 0 Å². The topological polar surface area (TPSA) is 80.9 Å². The van der Waals surface area contributed by atoms with Gasteiger partial charge in [-0.05, 0) is 12.1 Å². The Morgan fingerprint density at radius 3 is 2.83 bits per heavy atom. The first-order chi connectivity index (χ1) is 11.6. The molecule has 1 amide bonds.